The second-order valence-electron chi connectivity index (χ2n) is 6.43. The molecule has 1 aromatic carbocycles. The third-order valence-electron chi connectivity index (χ3n) is 4.84. The van der Waals surface area contributed by atoms with Gasteiger partial charge in [0.1, 0.15) is 5.84 Å². The predicted octanol–water partition coefficient (Wildman–Crippen LogP) is 2.67. The van der Waals surface area contributed by atoms with Crippen LogP contribution in [0.4, 0.5) is 0 Å². The van der Waals surface area contributed by atoms with E-state index in [2.05, 4.69) is 25.1 Å². The first-order valence-electron chi connectivity index (χ1n) is 7.33. The van der Waals surface area contributed by atoms with E-state index in [1.807, 2.05) is 13.8 Å². The number of rotatable bonds is 1. The molecule has 1 atom stereocenters. The Labute approximate surface area is 125 Å². The summed E-state index contributed by atoms with van der Waals surface area (Å²) in [7, 11) is 0. The molecule has 1 aliphatic carbocycles. The Morgan fingerprint density at radius 3 is 2.76 bits per heavy atom. The van der Waals surface area contributed by atoms with Gasteiger partial charge in [-0.3, -0.25) is 15.1 Å². The van der Waals surface area contributed by atoms with Crippen LogP contribution < -0.4 is 5.73 Å². The summed E-state index contributed by atoms with van der Waals surface area (Å²) < 4.78 is 0. The zero-order valence-electron chi connectivity index (χ0n) is 12.7. The summed E-state index contributed by atoms with van der Waals surface area (Å²) in [6.07, 6.45) is 3.25. The third kappa shape index (κ3) is 1.75. The van der Waals surface area contributed by atoms with Gasteiger partial charge in [0.15, 0.2) is 0 Å². The maximum atomic E-state index is 12.8. The van der Waals surface area contributed by atoms with Gasteiger partial charge in [-0.1, -0.05) is 18.2 Å². The lowest BCUT2D eigenvalue weighted by Crippen LogP contribution is -2.35. The lowest BCUT2D eigenvalue weighted by atomic mass is 9.87. The number of nitrogens with two attached hydrogens (primary N) is 1. The highest BCUT2D eigenvalue weighted by Gasteiger charge is 2.50. The van der Waals surface area contributed by atoms with Crippen LogP contribution in [0.5, 0.6) is 0 Å². The van der Waals surface area contributed by atoms with Crippen LogP contribution in [0.25, 0.3) is 0 Å². The molecule has 1 fully saturated rings. The van der Waals surface area contributed by atoms with Gasteiger partial charge in [0.05, 0.1) is 11.5 Å². The molecule has 1 unspecified atom stereocenters. The average Bonchev–Trinajstić information content (AvgIpc) is 2.90. The van der Waals surface area contributed by atoms with Crippen molar-refractivity contribution in [1.29, 1.82) is 5.41 Å². The summed E-state index contributed by atoms with van der Waals surface area (Å²) in [6, 6.07) is 6.23. The number of likely N-dealkylation sites (tertiary alicyclic amines) is 1. The zero-order valence-corrected chi connectivity index (χ0v) is 12.7. The Morgan fingerprint density at radius 1 is 1.43 bits per heavy atom. The lowest BCUT2D eigenvalue weighted by Gasteiger charge is -2.26. The van der Waals surface area contributed by atoms with Gasteiger partial charge in [0, 0.05) is 11.8 Å². The number of amides is 1. The quantitative estimate of drug-likeness (QED) is 0.832. The number of aryl methyl sites for hydroxylation is 2. The summed E-state index contributed by atoms with van der Waals surface area (Å²) in [5.41, 5.74) is 9.28. The Bertz CT molecular complexity index is 673. The molecule has 1 heterocycles. The molecule has 0 spiro atoms. The van der Waals surface area contributed by atoms with Gasteiger partial charge in [0.2, 0.25) is 5.91 Å². The standard InChI is InChI=1S/C17H21N3O/c1-10-5-4-6-11-7-8-13(14(10)11)20-15(19)12(9-18)17(2,3)16(20)21/h4-6,9,13,19H,7-8,18H2,1-3H3. The average molecular weight is 283 g/mol. The molecule has 4 nitrogen and oxygen atoms in total. The van der Waals surface area contributed by atoms with Crippen LogP contribution in [0, 0.1) is 17.7 Å². The topological polar surface area (TPSA) is 70.2 Å². The van der Waals surface area contributed by atoms with Crippen molar-refractivity contribution in [2.75, 3.05) is 0 Å². The number of carbonyl (C=O) groups excluding carboxylic acids is 1. The van der Waals surface area contributed by atoms with E-state index in [9.17, 15) is 4.79 Å². The van der Waals surface area contributed by atoms with Crippen LogP contribution in [0.1, 0.15) is 43.0 Å². The van der Waals surface area contributed by atoms with Gasteiger partial charge in [-0.05, 0) is 50.3 Å². The minimum atomic E-state index is -0.711. The van der Waals surface area contributed by atoms with E-state index >= 15 is 0 Å². The fourth-order valence-electron chi connectivity index (χ4n) is 3.66. The predicted molar refractivity (Wildman–Crippen MR) is 82.9 cm³/mol. The first-order chi connectivity index (χ1) is 9.89. The van der Waals surface area contributed by atoms with Gasteiger partial charge in [-0.25, -0.2) is 0 Å². The number of hydrogen-bond donors (Lipinski definition) is 2. The highest BCUT2D eigenvalue weighted by molar-refractivity contribution is 6.18. The molecule has 3 rings (SSSR count). The molecule has 0 aromatic heterocycles. The van der Waals surface area contributed by atoms with E-state index in [1.165, 1.54) is 22.9 Å². The fraction of sp³-hybridized carbons (Fsp3) is 0.412. The maximum Gasteiger partial charge on any atom is 0.239 e. The second-order valence-corrected chi connectivity index (χ2v) is 6.43. The van der Waals surface area contributed by atoms with Crippen LogP contribution in [0.2, 0.25) is 0 Å². The van der Waals surface area contributed by atoms with Crippen molar-refractivity contribution in [2.24, 2.45) is 11.1 Å². The molecule has 0 radical (unpaired) electrons. The van der Waals surface area contributed by atoms with E-state index in [0.29, 0.717) is 5.57 Å². The summed E-state index contributed by atoms with van der Waals surface area (Å²) in [6.45, 7) is 5.76. The molecule has 0 bridgehead atoms. The number of fused-ring (bicyclic) bond motifs is 1. The number of benzene rings is 1. The van der Waals surface area contributed by atoms with Crippen LogP contribution in [-0.2, 0) is 11.2 Å². The van der Waals surface area contributed by atoms with E-state index in [-0.39, 0.29) is 17.8 Å². The number of nitrogens with zero attached hydrogens (tertiary/aromatic N) is 1. The minimum absolute atomic E-state index is 0.0229. The van der Waals surface area contributed by atoms with Crippen molar-refractivity contribution >= 4 is 11.7 Å². The van der Waals surface area contributed by atoms with Crippen LogP contribution in [0.3, 0.4) is 0 Å². The minimum Gasteiger partial charge on any atom is -0.404 e. The summed E-state index contributed by atoms with van der Waals surface area (Å²) >= 11 is 0. The first kappa shape index (κ1) is 13.9. The SMILES string of the molecule is Cc1cccc2c1C(N1C(=N)C(=CN)C(C)(C)C1=O)CC2. The van der Waals surface area contributed by atoms with Crippen molar-refractivity contribution < 1.29 is 4.79 Å². The Kier molecular flexibility index (Phi) is 2.94. The van der Waals surface area contributed by atoms with Crippen molar-refractivity contribution in [3.8, 4) is 0 Å². The molecule has 0 saturated carbocycles. The van der Waals surface area contributed by atoms with Crippen LogP contribution in [-0.4, -0.2) is 16.6 Å². The van der Waals surface area contributed by atoms with Gasteiger partial charge >= 0.3 is 0 Å². The van der Waals surface area contributed by atoms with E-state index < -0.39 is 5.41 Å². The van der Waals surface area contributed by atoms with E-state index in [1.54, 1.807) is 4.90 Å². The molecule has 1 aromatic rings. The smallest absolute Gasteiger partial charge is 0.239 e. The number of carbonyl (C=O) groups is 1. The van der Waals surface area contributed by atoms with Gasteiger partial charge in [-0.2, -0.15) is 0 Å². The lowest BCUT2D eigenvalue weighted by molar-refractivity contribution is -0.133. The van der Waals surface area contributed by atoms with E-state index in [0.717, 1.165) is 12.8 Å². The van der Waals surface area contributed by atoms with Gasteiger partial charge in [0.25, 0.3) is 0 Å². The van der Waals surface area contributed by atoms with Crippen molar-refractivity contribution in [3.63, 3.8) is 0 Å². The molecule has 1 saturated heterocycles. The Morgan fingerprint density at radius 2 is 2.14 bits per heavy atom. The highest BCUT2D eigenvalue weighted by atomic mass is 16.2. The Balaban J connectivity index is 2.09. The zero-order chi connectivity index (χ0) is 15.4. The highest BCUT2D eigenvalue weighted by Crippen LogP contribution is 2.46. The van der Waals surface area contributed by atoms with Gasteiger partial charge < -0.3 is 5.73 Å². The molecule has 1 aliphatic heterocycles. The largest absolute Gasteiger partial charge is 0.404 e. The number of nitrogens with one attached hydrogen (secondary N) is 1. The monoisotopic (exact) mass is 283 g/mol. The summed E-state index contributed by atoms with van der Waals surface area (Å²) in [5, 5.41) is 8.38. The van der Waals surface area contributed by atoms with Crippen molar-refractivity contribution in [2.45, 2.75) is 39.7 Å². The van der Waals surface area contributed by atoms with Crippen LogP contribution >= 0.6 is 0 Å². The van der Waals surface area contributed by atoms with Crippen LogP contribution in [0.15, 0.2) is 30.0 Å². The molecule has 4 heteroatoms. The van der Waals surface area contributed by atoms with E-state index in [4.69, 9.17) is 11.1 Å². The molecule has 1 amide bonds. The summed E-state index contributed by atoms with van der Waals surface area (Å²) in [5.74, 6) is 0.235. The molecular formula is C17H21N3O. The Hall–Kier alpha value is -2.10. The molecule has 110 valence electrons. The number of amidine groups is 1. The van der Waals surface area contributed by atoms with Gasteiger partial charge in [-0.15, -0.1) is 0 Å². The van der Waals surface area contributed by atoms with Crippen molar-refractivity contribution in [1.82, 2.24) is 4.90 Å². The normalized spacial score (nSPS) is 25.8. The number of hydrogen-bond acceptors (Lipinski definition) is 3. The molecule has 3 N–H and O–H groups in total. The maximum absolute atomic E-state index is 12.8. The second kappa shape index (κ2) is 4.45. The summed E-state index contributed by atoms with van der Waals surface area (Å²) in [4.78, 5) is 14.5. The third-order valence-corrected chi connectivity index (χ3v) is 4.84. The molecule has 2 aliphatic rings. The molecule has 21 heavy (non-hydrogen) atoms. The first-order valence-corrected chi connectivity index (χ1v) is 7.33. The van der Waals surface area contributed by atoms with Crippen molar-refractivity contribution in [3.05, 3.63) is 46.7 Å². The fourth-order valence-corrected chi connectivity index (χ4v) is 3.66. The molecular weight excluding hydrogens is 262 g/mol.